The zero-order valence-corrected chi connectivity index (χ0v) is 23.0. The van der Waals surface area contributed by atoms with Gasteiger partial charge in [-0.05, 0) is 81.3 Å². The van der Waals surface area contributed by atoms with E-state index in [1.165, 1.54) is 5.56 Å². The van der Waals surface area contributed by atoms with Crippen molar-refractivity contribution in [2.45, 2.75) is 58.0 Å². The minimum Gasteiger partial charge on any atom is -0.356 e. The molecule has 1 aliphatic carbocycles. The highest BCUT2D eigenvalue weighted by atomic mass is 35.5. The molecule has 1 aromatic heterocycles. The van der Waals surface area contributed by atoms with Crippen molar-refractivity contribution in [2.75, 3.05) is 25.0 Å². The van der Waals surface area contributed by atoms with Gasteiger partial charge in [0.1, 0.15) is 11.6 Å². The number of hydrogen-bond donors (Lipinski definition) is 1. The topological polar surface area (TPSA) is 78.4 Å². The maximum Gasteiger partial charge on any atom is 0.253 e. The van der Waals surface area contributed by atoms with Gasteiger partial charge in [0.25, 0.3) is 11.8 Å². The van der Waals surface area contributed by atoms with E-state index in [9.17, 15) is 9.59 Å². The maximum atomic E-state index is 13.6. The molecule has 0 radical (unpaired) electrons. The summed E-state index contributed by atoms with van der Waals surface area (Å²) in [6, 6.07) is 15.1. The van der Waals surface area contributed by atoms with Crippen LogP contribution in [0.15, 0.2) is 48.5 Å². The lowest BCUT2D eigenvalue weighted by molar-refractivity contribution is 0.0709. The molecule has 7 nitrogen and oxygen atoms in total. The van der Waals surface area contributed by atoms with Crippen LogP contribution < -0.4 is 10.2 Å². The molecule has 38 heavy (non-hydrogen) atoms. The fraction of sp³-hybridized carbons (Fsp3) is 0.400. The lowest BCUT2D eigenvalue weighted by Crippen LogP contribution is -2.46. The number of amides is 2. The average molecular weight is 532 g/mol. The Balaban J connectivity index is 1.27. The maximum absolute atomic E-state index is 13.6. The van der Waals surface area contributed by atoms with E-state index in [4.69, 9.17) is 11.6 Å². The molecular formula is C30H34ClN5O2. The van der Waals surface area contributed by atoms with Gasteiger partial charge >= 0.3 is 0 Å². The van der Waals surface area contributed by atoms with Gasteiger partial charge < -0.3 is 15.1 Å². The predicted molar refractivity (Wildman–Crippen MR) is 150 cm³/mol. The van der Waals surface area contributed by atoms with Crippen LogP contribution in [0.25, 0.3) is 0 Å². The molecule has 3 aromatic rings. The summed E-state index contributed by atoms with van der Waals surface area (Å²) in [7, 11) is 1.90. The van der Waals surface area contributed by atoms with E-state index in [-0.39, 0.29) is 23.9 Å². The summed E-state index contributed by atoms with van der Waals surface area (Å²) < 4.78 is 0. The summed E-state index contributed by atoms with van der Waals surface area (Å²) >= 11 is 6.25. The van der Waals surface area contributed by atoms with Crippen LogP contribution in [0.2, 0.25) is 5.02 Å². The van der Waals surface area contributed by atoms with Crippen LogP contribution in [-0.2, 0) is 6.42 Å². The number of benzene rings is 2. The minimum absolute atomic E-state index is 0.0155. The third-order valence-corrected chi connectivity index (χ3v) is 8.07. The molecule has 2 aromatic carbocycles. The molecule has 5 rings (SSSR count). The second-order valence-corrected chi connectivity index (χ2v) is 10.8. The Morgan fingerprint density at radius 1 is 1.03 bits per heavy atom. The summed E-state index contributed by atoms with van der Waals surface area (Å²) in [6.07, 6.45) is 4.52. The molecule has 1 N–H and O–H groups in total. The van der Waals surface area contributed by atoms with Crippen molar-refractivity contribution in [2.24, 2.45) is 0 Å². The molecule has 1 aliphatic heterocycles. The quantitative estimate of drug-likeness (QED) is 0.483. The van der Waals surface area contributed by atoms with Gasteiger partial charge in [-0.2, -0.15) is 0 Å². The van der Waals surface area contributed by atoms with E-state index in [0.717, 1.165) is 68.1 Å². The van der Waals surface area contributed by atoms with Crippen LogP contribution in [0, 0.1) is 13.8 Å². The Morgan fingerprint density at radius 2 is 1.79 bits per heavy atom. The Morgan fingerprint density at radius 3 is 2.53 bits per heavy atom. The van der Waals surface area contributed by atoms with Crippen molar-refractivity contribution in [1.82, 2.24) is 20.2 Å². The molecule has 1 fully saturated rings. The van der Waals surface area contributed by atoms with Crippen molar-refractivity contribution in [3.05, 3.63) is 87.3 Å². The van der Waals surface area contributed by atoms with E-state index < -0.39 is 0 Å². The van der Waals surface area contributed by atoms with Crippen LogP contribution in [0.5, 0.6) is 0 Å². The van der Waals surface area contributed by atoms with Crippen LogP contribution in [-0.4, -0.2) is 52.9 Å². The van der Waals surface area contributed by atoms with Crippen molar-refractivity contribution < 1.29 is 9.59 Å². The third kappa shape index (κ3) is 5.53. The highest BCUT2D eigenvalue weighted by molar-refractivity contribution is 6.33. The van der Waals surface area contributed by atoms with Gasteiger partial charge in [-0.15, -0.1) is 0 Å². The van der Waals surface area contributed by atoms with E-state index in [2.05, 4.69) is 20.2 Å². The molecule has 0 spiro atoms. The highest BCUT2D eigenvalue weighted by Gasteiger charge is 2.29. The number of hydrogen-bond acceptors (Lipinski definition) is 5. The van der Waals surface area contributed by atoms with Gasteiger partial charge in [0.05, 0.1) is 16.6 Å². The predicted octanol–water partition coefficient (Wildman–Crippen LogP) is 5.30. The van der Waals surface area contributed by atoms with Crippen LogP contribution in [0.4, 0.5) is 5.82 Å². The summed E-state index contributed by atoms with van der Waals surface area (Å²) in [5, 5.41) is 3.59. The van der Waals surface area contributed by atoms with Gasteiger partial charge in [-0.3, -0.25) is 9.59 Å². The number of carbonyl (C=O) groups is 2. The number of piperidine rings is 1. The number of nitrogens with one attached hydrogen (secondary N) is 1. The van der Waals surface area contributed by atoms with Crippen molar-refractivity contribution in [3.8, 4) is 0 Å². The first-order chi connectivity index (χ1) is 18.3. The summed E-state index contributed by atoms with van der Waals surface area (Å²) in [4.78, 5) is 39.7. The molecule has 0 bridgehead atoms. The molecule has 198 valence electrons. The summed E-state index contributed by atoms with van der Waals surface area (Å²) in [5.74, 6) is 1.56. The van der Waals surface area contributed by atoms with Gasteiger partial charge in [0, 0.05) is 43.5 Å². The van der Waals surface area contributed by atoms with Crippen molar-refractivity contribution >= 4 is 29.2 Å². The molecule has 8 heteroatoms. The van der Waals surface area contributed by atoms with Crippen LogP contribution in [0.3, 0.4) is 0 Å². The number of aromatic nitrogens is 2. The normalized spacial score (nSPS) is 17.6. The van der Waals surface area contributed by atoms with Gasteiger partial charge in [0.2, 0.25) is 0 Å². The monoisotopic (exact) mass is 531 g/mol. The van der Waals surface area contributed by atoms with Crippen LogP contribution >= 0.6 is 11.6 Å². The molecule has 1 saturated heterocycles. The number of rotatable bonds is 5. The van der Waals surface area contributed by atoms with Gasteiger partial charge in [-0.25, -0.2) is 9.97 Å². The molecule has 2 amide bonds. The lowest BCUT2D eigenvalue weighted by atomic mass is 9.86. The van der Waals surface area contributed by atoms with Crippen LogP contribution in [0.1, 0.15) is 75.1 Å². The molecular weight excluding hydrogens is 498 g/mol. The first-order valence-electron chi connectivity index (χ1n) is 13.3. The average Bonchev–Trinajstić information content (AvgIpc) is 2.92. The number of halogens is 1. The van der Waals surface area contributed by atoms with Crippen molar-refractivity contribution in [3.63, 3.8) is 0 Å². The number of anilines is 1. The fourth-order valence-corrected chi connectivity index (χ4v) is 5.90. The first-order valence-corrected chi connectivity index (χ1v) is 13.7. The number of nitrogens with zero attached hydrogens (tertiary/aromatic N) is 4. The Kier molecular flexibility index (Phi) is 7.65. The zero-order chi connectivity index (χ0) is 26.8. The third-order valence-electron chi connectivity index (χ3n) is 7.74. The number of fused-ring (bicyclic) bond motifs is 1. The summed E-state index contributed by atoms with van der Waals surface area (Å²) in [6.45, 7) is 5.60. The van der Waals surface area contributed by atoms with E-state index in [1.54, 1.807) is 12.1 Å². The van der Waals surface area contributed by atoms with E-state index in [0.29, 0.717) is 16.1 Å². The summed E-state index contributed by atoms with van der Waals surface area (Å²) in [5.41, 5.74) is 4.31. The SMILES string of the molecule is Cc1cc(N2CCC(N(C)C(=O)c3ccc4c(c3)[C@H](NC(=O)c3ccccc3Cl)CCC4)CC2)nc(C)n1. The second-order valence-electron chi connectivity index (χ2n) is 10.4. The highest BCUT2D eigenvalue weighted by Crippen LogP contribution is 2.32. The lowest BCUT2D eigenvalue weighted by Gasteiger charge is -2.37. The Labute approximate surface area is 229 Å². The molecule has 0 unspecified atom stereocenters. The van der Waals surface area contributed by atoms with Gasteiger partial charge in [0.15, 0.2) is 0 Å². The minimum atomic E-state index is -0.192. The zero-order valence-electron chi connectivity index (χ0n) is 22.2. The standard InChI is InChI=1S/C30H34ClN5O2/c1-19-17-28(33-20(2)32-19)36-15-13-23(14-16-36)35(3)30(38)22-12-11-21-7-6-10-27(25(21)18-22)34-29(37)24-8-4-5-9-26(24)31/h4-5,8-9,11-12,17-18,23,27H,6-7,10,13-16H2,1-3H3,(H,34,37)/t27-/m1/s1. The fourth-order valence-electron chi connectivity index (χ4n) is 5.67. The van der Waals surface area contributed by atoms with Crippen molar-refractivity contribution in [1.29, 1.82) is 0 Å². The Bertz CT molecular complexity index is 1330. The van der Waals surface area contributed by atoms with E-state index in [1.807, 2.05) is 62.2 Å². The molecule has 2 aliphatic rings. The number of carbonyl (C=O) groups excluding carboxylic acids is 2. The molecule has 1 atom stereocenters. The smallest absolute Gasteiger partial charge is 0.253 e. The van der Waals surface area contributed by atoms with E-state index >= 15 is 0 Å². The molecule has 0 saturated carbocycles. The second kappa shape index (κ2) is 11.1. The first kappa shape index (κ1) is 26.2. The van der Waals surface area contributed by atoms with Gasteiger partial charge in [-0.1, -0.05) is 29.8 Å². The Hall–Kier alpha value is -3.45. The molecule has 2 heterocycles. The largest absolute Gasteiger partial charge is 0.356 e. The number of aryl methyl sites for hydroxylation is 3.